The number of anilines is 1. The first-order valence-electron chi connectivity index (χ1n) is 5.02. The molecule has 0 radical (unpaired) electrons. The Labute approximate surface area is 94.9 Å². The number of hydrogen-bond donors (Lipinski definition) is 0. The van der Waals surface area contributed by atoms with Crippen LogP contribution >= 0.6 is 12.2 Å². The van der Waals surface area contributed by atoms with Crippen LogP contribution in [-0.2, 0) is 4.79 Å². The molecule has 78 valence electrons. The Balaban J connectivity index is 2.45. The topological polar surface area (TPSA) is 20.3 Å². The lowest BCUT2D eigenvalue weighted by Crippen LogP contribution is -2.28. The second-order valence-corrected chi connectivity index (χ2v) is 4.38. The fraction of sp³-hybridized carbons (Fsp3) is 0.333. The van der Waals surface area contributed by atoms with Crippen molar-refractivity contribution in [1.82, 2.24) is 0 Å². The Hall–Kier alpha value is -1.22. The molecule has 1 saturated heterocycles. The van der Waals surface area contributed by atoms with Gasteiger partial charge in [-0.3, -0.25) is 9.69 Å². The maximum absolute atomic E-state index is 11.7. The van der Waals surface area contributed by atoms with Crippen molar-refractivity contribution in [2.45, 2.75) is 26.7 Å². The van der Waals surface area contributed by atoms with Gasteiger partial charge in [0.05, 0.1) is 10.7 Å². The van der Waals surface area contributed by atoms with E-state index in [0.717, 1.165) is 16.2 Å². The number of aryl methyl sites for hydroxylation is 2. The molecule has 0 N–H and O–H groups in total. The molecular weight excluding hydrogens is 206 g/mol. The molecule has 1 aromatic rings. The van der Waals surface area contributed by atoms with Crippen LogP contribution in [0.3, 0.4) is 0 Å². The zero-order chi connectivity index (χ0) is 11.0. The van der Waals surface area contributed by atoms with Crippen molar-refractivity contribution in [3.63, 3.8) is 0 Å². The third kappa shape index (κ3) is 1.79. The van der Waals surface area contributed by atoms with Crippen molar-refractivity contribution in [2.75, 3.05) is 4.90 Å². The standard InChI is InChI=1S/C12H13NOS/c1-8-3-4-10(9(2)7-8)13-11(14)5-6-12(13)15/h3-4,7H,5-6H2,1-2H3. The smallest absolute Gasteiger partial charge is 0.232 e. The predicted octanol–water partition coefficient (Wildman–Crippen LogP) is 2.76. The van der Waals surface area contributed by atoms with Gasteiger partial charge in [0.1, 0.15) is 0 Å². The minimum Gasteiger partial charge on any atom is -0.275 e. The summed E-state index contributed by atoms with van der Waals surface area (Å²) in [5.74, 6) is 0.118. The van der Waals surface area contributed by atoms with Crippen molar-refractivity contribution in [3.8, 4) is 0 Å². The molecule has 2 nitrogen and oxygen atoms in total. The first-order valence-corrected chi connectivity index (χ1v) is 5.43. The van der Waals surface area contributed by atoms with Gasteiger partial charge in [-0.05, 0) is 25.5 Å². The molecule has 3 heteroatoms. The normalized spacial score (nSPS) is 16.3. The molecule has 1 fully saturated rings. The van der Waals surface area contributed by atoms with Gasteiger partial charge >= 0.3 is 0 Å². The van der Waals surface area contributed by atoms with E-state index in [1.807, 2.05) is 26.0 Å². The van der Waals surface area contributed by atoms with Crippen LogP contribution in [0.1, 0.15) is 24.0 Å². The molecule has 1 aliphatic rings. The zero-order valence-corrected chi connectivity index (χ0v) is 9.73. The van der Waals surface area contributed by atoms with Crippen LogP contribution in [0, 0.1) is 13.8 Å². The average Bonchev–Trinajstić information content (AvgIpc) is 2.48. The molecule has 0 saturated carbocycles. The Kier molecular flexibility index (Phi) is 2.57. The number of carbonyl (C=O) groups is 1. The third-order valence-corrected chi connectivity index (χ3v) is 3.03. The Morgan fingerprint density at radius 1 is 1.27 bits per heavy atom. The van der Waals surface area contributed by atoms with Gasteiger partial charge in [-0.1, -0.05) is 29.9 Å². The first-order chi connectivity index (χ1) is 7.09. The van der Waals surface area contributed by atoms with Crippen molar-refractivity contribution in [3.05, 3.63) is 29.3 Å². The summed E-state index contributed by atoms with van der Waals surface area (Å²) in [6.07, 6.45) is 1.26. The number of hydrogen-bond acceptors (Lipinski definition) is 2. The fourth-order valence-electron chi connectivity index (χ4n) is 1.90. The van der Waals surface area contributed by atoms with Gasteiger partial charge in [-0.25, -0.2) is 0 Å². The van der Waals surface area contributed by atoms with Gasteiger partial charge < -0.3 is 0 Å². The highest BCUT2D eigenvalue weighted by Gasteiger charge is 2.27. The molecule has 0 atom stereocenters. The molecule has 0 unspecified atom stereocenters. The highest BCUT2D eigenvalue weighted by molar-refractivity contribution is 7.80. The molecule has 0 aromatic heterocycles. The molecule has 1 heterocycles. The summed E-state index contributed by atoms with van der Waals surface area (Å²) < 4.78 is 0. The van der Waals surface area contributed by atoms with Crippen LogP contribution in [0.4, 0.5) is 5.69 Å². The summed E-state index contributed by atoms with van der Waals surface area (Å²) in [5, 5.41) is 0. The van der Waals surface area contributed by atoms with Gasteiger partial charge in [0.25, 0.3) is 0 Å². The van der Waals surface area contributed by atoms with Crippen LogP contribution in [0.2, 0.25) is 0 Å². The lowest BCUT2D eigenvalue weighted by atomic mass is 10.1. The minimum atomic E-state index is 0.118. The Morgan fingerprint density at radius 2 is 2.00 bits per heavy atom. The summed E-state index contributed by atoms with van der Waals surface area (Å²) >= 11 is 5.20. The van der Waals surface area contributed by atoms with E-state index in [1.165, 1.54) is 5.56 Å². The van der Waals surface area contributed by atoms with Crippen molar-refractivity contribution in [2.24, 2.45) is 0 Å². The Bertz CT molecular complexity index is 423. The predicted molar refractivity (Wildman–Crippen MR) is 65.2 cm³/mol. The summed E-state index contributed by atoms with van der Waals surface area (Å²) in [6.45, 7) is 4.05. The third-order valence-electron chi connectivity index (χ3n) is 2.64. The van der Waals surface area contributed by atoms with E-state index in [1.54, 1.807) is 4.90 Å². The van der Waals surface area contributed by atoms with Gasteiger partial charge in [-0.15, -0.1) is 0 Å². The lowest BCUT2D eigenvalue weighted by Gasteiger charge is -2.18. The zero-order valence-electron chi connectivity index (χ0n) is 8.91. The quantitative estimate of drug-likeness (QED) is 0.677. The number of carbonyl (C=O) groups excluding carboxylic acids is 1. The second kappa shape index (κ2) is 3.74. The van der Waals surface area contributed by atoms with E-state index < -0.39 is 0 Å². The summed E-state index contributed by atoms with van der Waals surface area (Å²) in [4.78, 5) is 14.1. The summed E-state index contributed by atoms with van der Waals surface area (Å²) in [5.41, 5.74) is 3.24. The van der Waals surface area contributed by atoms with Gasteiger partial charge in [0.15, 0.2) is 0 Å². The van der Waals surface area contributed by atoms with E-state index in [-0.39, 0.29) is 5.91 Å². The van der Waals surface area contributed by atoms with Gasteiger partial charge in [0, 0.05) is 12.8 Å². The van der Waals surface area contributed by atoms with Gasteiger partial charge in [-0.2, -0.15) is 0 Å². The number of amides is 1. The van der Waals surface area contributed by atoms with E-state index in [2.05, 4.69) is 6.07 Å². The summed E-state index contributed by atoms with van der Waals surface area (Å²) in [7, 11) is 0. The second-order valence-electron chi connectivity index (χ2n) is 3.91. The number of benzene rings is 1. The Morgan fingerprint density at radius 3 is 2.53 bits per heavy atom. The van der Waals surface area contributed by atoms with Crippen molar-refractivity contribution in [1.29, 1.82) is 0 Å². The van der Waals surface area contributed by atoms with Crippen LogP contribution in [-0.4, -0.2) is 10.9 Å². The van der Waals surface area contributed by atoms with Crippen LogP contribution in [0.25, 0.3) is 0 Å². The van der Waals surface area contributed by atoms with E-state index in [4.69, 9.17) is 12.2 Å². The maximum Gasteiger partial charge on any atom is 0.232 e. The van der Waals surface area contributed by atoms with Crippen LogP contribution in [0.15, 0.2) is 18.2 Å². The average molecular weight is 219 g/mol. The molecular formula is C12H13NOS. The molecule has 15 heavy (non-hydrogen) atoms. The highest BCUT2D eigenvalue weighted by Crippen LogP contribution is 2.27. The van der Waals surface area contributed by atoms with Gasteiger partial charge in [0.2, 0.25) is 5.91 Å². The minimum absolute atomic E-state index is 0.118. The first kappa shape index (κ1) is 10.3. The molecule has 0 spiro atoms. The monoisotopic (exact) mass is 219 g/mol. The largest absolute Gasteiger partial charge is 0.275 e. The van der Waals surface area contributed by atoms with Crippen molar-refractivity contribution >= 4 is 28.8 Å². The molecule has 1 aromatic carbocycles. The number of nitrogens with zero attached hydrogens (tertiary/aromatic N) is 1. The highest BCUT2D eigenvalue weighted by atomic mass is 32.1. The molecule has 0 bridgehead atoms. The van der Waals surface area contributed by atoms with Crippen LogP contribution < -0.4 is 4.90 Å². The molecule has 1 amide bonds. The molecule has 2 rings (SSSR count). The summed E-state index contributed by atoms with van der Waals surface area (Å²) in [6, 6.07) is 6.06. The molecule has 0 aliphatic carbocycles. The maximum atomic E-state index is 11.7. The van der Waals surface area contributed by atoms with E-state index in [0.29, 0.717) is 12.8 Å². The van der Waals surface area contributed by atoms with E-state index in [9.17, 15) is 4.79 Å². The number of rotatable bonds is 1. The van der Waals surface area contributed by atoms with Crippen molar-refractivity contribution < 1.29 is 4.79 Å². The fourth-order valence-corrected chi connectivity index (χ4v) is 2.20. The SMILES string of the molecule is Cc1ccc(N2C(=O)CCC2=S)c(C)c1. The van der Waals surface area contributed by atoms with Crippen LogP contribution in [0.5, 0.6) is 0 Å². The lowest BCUT2D eigenvalue weighted by molar-refractivity contribution is -0.116. The van der Waals surface area contributed by atoms with E-state index >= 15 is 0 Å². The number of thiocarbonyl (C=S) groups is 1. The molecule has 1 aliphatic heterocycles.